The molecule has 0 saturated heterocycles. The van der Waals surface area contributed by atoms with Gasteiger partial charge in [0.2, 0.25) is 0 Å². The van der Waals surface area contributed by atoms with Crippen LogP contribution < -0.4 is 15.0 Å². The molecule has 0 bridgehead atoms. The van der Waals surface area contributed by atoms with Gasteiger partial charge in [-0.2, -0.15) is 0 Å². The summed E-state index contributed by atoms with van der Waals surface area (Å²) < 4.78 is 41.4. The Morgan fingerprint density at radius 1 is 0.906 bits per heavy atom. The van der Waals surface area contributed by atoms with Crippen LogP contribution in [0.15, 0.2) is 96.7 Å². The van der Waals surface area contributed by atoms with Gasteiger partial charge in [-0.15, -0.1) is 13.2 Å². The van der Waals surface area contributed by atoms with Crippen LogP contribution in [0.2, 0.25) is 0 Å². The second-order valence-corrected chi connectivity index (χ2v) is 7.43. The van der Waals surface area contributed by atoms with E-state index < -0.39 is 12.4 Å². The zero-order chi connectivity index (χ0) is 22.7. The lowest BCUT2D eigenvalue weighted by Gasteiger charge is -2.26. The minimum Gasteiger partial charge on any atom is -0.406 e. The van der Waals surface area contributed by atoms with Crippen molar-refractivity contribution >= 4 is 11.6 Å². The summed E-state index contributed by atoms with van der Waals surface area (Å²) in [5, 5.41) is 3.28. The summed E-state index contributed by atoms with van der Waals surface area (Å²) >= 11 is 0. The van der Waals surface area contributed by atoms with Crippen molar-refractivity contribution in [2.24, 2.45) is 0 Å². The van der Waals surface area contributed by atoms with E-state index in [-0.39, 0.29) is 17.7 Å². The van der Waals surface area contributed by atoms with E-state index >= 15 is 0 Å². The summed E-state index contributed by atoms with van der Waals surface area (Å²) in [5.41, 5.74) is 2.83. The normalized spacial score (nSPS) is 17.1. The van der Waals surface area contributed by atoms with Gasteiger partial charge in [0.15, 0.2) is 0 Å². The molecule has 0 fully saturated rings. The first-order valence-electron chi connectivity index (χ1n) is 10.1. The molecule has 7 heteroatoms. The molecule has 1 heterocycles. The lowest BCUT2D eigenvalue weighted by atomic mass is 10.1. The highest BCUT2D eigenvalue weighted by Crippen LogP contribution is 2.36. The third-order valence-electron chi connectivity index (χ3n) is 5.21. The van der Waals surface area contributed by atoms with E-state index in [4.69, 9.17) is 0 Å². The highest BCUT2D eigenvalue weighted by Gasteiger charge is 2.36. The summed E-state index contributed by atoms with van der Waals surface area (Å²) in [6.07, 6.45) is -2.93. The first-order chi connectivity index (χ1) is 15.3. The summed E-state index contributed by atoms with van der Waals surface area (Å²) in [7, 11) is 0. The highest BCUT2D eigenvalue weighted by molar-refractivity contribution is 6.08. The molecule has 164 valence electrons. The van der Waals surface area contributed by atoms with Crippen LogP contribution >= 0.6 is 0 Å². The van der Waals surface area contributed by atoms with E-state index in [1.807, 2.05) is 73.7 Å². The number of nitrogens with zero attached hydrogens (tertiary/aromatic N) is 1. The summed E-state index contributed by atoms with van der Waals surface area (Å²) in [5.74, 6) is -0.598. The van der Waals surface area contributed by atoms with Gasteiger partial charge in [0.05, 0.1) is 11.7 Å². The number of anilines is 1. The largest absolute Gasteiger partial charge is 0.573 e. The first-order valence-corrected chi connectivity index (χ1v) is 10.1. The number of amides is 1. The number of halogens is 3. The Kier molecular flexibility index (Phi) is 5.90. The van der Waals surface area contributed by atoms with Gasteiger partial charge in [-0.3, -0.25) is 9.69 Å². The predicted octanol–water partition coefficient (Wildman–Crippen LogP) is 5.91. The van der Waals surface area contributed by atoms with Gasteiger partial charge in [-0.1, -0.05) is 60.7 Å². The lowest BCUT2D eigenvalue weighted by Crippen LogP contribution is -2.33. The van der Waals surface area contributed by atoms with Gasteiger partial charge in [0.1, 0.15) is 5.75 Å². The topological polar surface area (TPSA) is 41.6 Å². The van der Waals surface area contributed by atoms with Crippen molar-refractivity contribution in [3.63, 3.8) is 0 Å². The number of rotatable bonds is 6. The maximum atomic E-state index is 13.4. The molecule has 2 atom stereocenters. The molecular formula is C25H21F3N2O2. The zero-order valence-corrected chi connectivity index (χ0v) is 17.2. The predicted molar refractivity (Wildman–Crippen MR) is 116 cm³/mol. The zero-order valence-electron chi connectivity index (χ0n) is 17.2. The maximum Gasteiger partial charge on any atom is 0.573 e. The van der Waals surface area contributed by atoms with Crippen molar-refractivity contribution in [1.82, 2.24) is 5.32 Å². The monoisotopic (exact) mass is 438 g/mol. The Balaban J connectivity index is 1.63. The molecule has 32 heavy (non-hydrogen) atoms. The van der Waals surface area contributed by atoms with Crippen LogP contribution in [-0.2, 0) is 4.79 Å². The molecule has 4 nitrogen and oxygen atoms in total. The van der Waals surface area contributed by atoms with Gasteiger partial charge in [0.25, 0.3) is 5.91 Å². The third kappa shape index (κ3) is 4.77. The molecule has 1 aliphatic heterocycles. The Hall–Kier alpha value is -3.74. The average Bonchev–Trinajstić information content (AvgIpc) is 3.10. The quantitative estimate of drug-likeness (QED) is 0.520. The second kappa shape index (κ2) is 8.78. The molecule has 0 saturated carbocycles. The standard InChI is InChI=1S/C25H21F3N2O2/c1-17(18-8-4-2-5-9-18)29-22-16-23(19-10-6-3-7-11-19)30(24(22)31)20-12-14-21(15-13-20)32-25(26,27)28/h2-17,23,29H,1H3/t17?,23-/m1/s1. The summed E-state index contributed by atoms with van der Waals surface area (Å²) in [6, 6.07) is 24.0. The van der Waals surface area contributed by atoms with Crippen LogP contribution in [0, 0.1) is 0 Å². The van der Waals surface area contributed by atoms with E-state index in [0.717, 1.165) is 11.1 Å². The second-order valence-electron chi connectivity index (χ2n) is 7.43. The fourth-order valence-corrected chi connectivity index (χ4v) is 3.71. The van der Waals surface area contributed by atoms with E-state index in [1.54, 1.807) is 4.90 Å². The number of benzene rings is 3. The molecule has 3 aromatic rings. The third-order valence-corrected chi connectivity index (χ3v) is 5.21. The number of alkyl halides is 3. The number of carbonyl (C=O) groups is 1. The number of nitrogens with one attached hydrogen (secondary N) is 1. The average molecular weight is 438 g/mol. The van der Waals surface area contributed by atoms with Crippen molar-refractivity contribution in [3.05, 3.63) is 108 Å². The summed E-state index contributed by atoms with van der Waals surface area (Å²) in [6.45, 7) is 1.97. The van der Waals surface area contributed by atoms with Gasteiger partial charge in [-0.25, -0.2) is 0 Å². The van der Waals surface area contributed by atoms with Crippen molar-refractivity contribution in [3.8, 4) is 5.75 Å². The van der Waals surface area contributed by atoms with Gasteiger partial charge in [0, 0.05) is 11.7 Å². The smallest absolute Gasteiger partial charge is 0.406 e. The maximum absolute atomic E-state index is 13.4. The molecule has 1 unspecified atom stereocenters. The van der Waals surface area contributed by atoms with Crippen molar-refractivity contribution < 1.29 is 22.7 Å². The van der Waals surface area contributed by atoms with E-state index in [2.05, 4.69) is 10.1 Å². The van der Waals surface area contributed by atoms with Crippen LogP contribution in [0.5, 0.6) is 5.75 Å². The van der Waals surface area contributed by atoms with Crippen LogP contribution in [0.4, 0.5) is 18.9 Å². The SMILES string of the molecule is CC(NC1=C[C@H](c2ccccc2)N(c2ccc(OC(F)(F)F)cc2)C1=O)c1ccccc1. The molecule has 1 N–H and O–H groups in total. The van der Waals surface area contributed by atoms with Crippen molar-refractivity contribution in [2.45, 2.75) is 25.4 Å². The molecule has 0 spiro atoms. The molecular weight excluding hydrogens is 417 g/mol. The molecule has 4 rings (SSSR count). The molecule has 3 aromatic carbocycles. The minimum absolute atomic E-state index is 0.106. The Morgan fingerprint density at radius 3 is 2.09 bits per heavy atom. The molecule has 1 amide bonds. The van der Waals surface area contributed by atoms with Gasteiger partial charge >= 0.3 is 6.36 Å². The fraction of sp³-hybridized carbons (Fsp3) is 0.160. The molecule has 0 aromatic heterocycles. The van der Waals surface area contributed by atoms with Crippen molar-refractivity contribution in [2.75, 3.05) is 4.90 Å². The van der Waals surface area contributed by atoms with Crippen molar-refractivity contribution in [1.29, 1.82) is 0 Å². The Morgan fingerprint density at radius 2 is 1.50 bits per heavy atom. The highest BCUT2D eigenvalue weighted by atomic mass is 19.4. The number of hydrogen-bond acceptors (Lipinski definition) is 3. The minimum atomic E-state index is -4.77. The van der Waals surface area contributed by atoms with Gasteiger partial charge < -0.3 is 10.1 Å². The van der Waals surface area contributed by atoms with Crippen LogP contribution in [0.25, 0.3) is 0 Å². The molecule has 1 aliphatic rings. The fourth-order valence-electron chi connectivity index (χ4n) is 3.71. The van der Waals surface area contributed by atoms with E-state index in [9.17, 15) is 18.0 Å². The Bertz CT molecular complexity index is 1100. The van der Waals surface area contributed by atoms with Crippen LogP contribution in [0.1, 0.15) is 30.1 Å². The molecule has 0 aliphatic carbocycles. The molecule has 0 radical (unpaired) electrons. The number of carbonyl (C=O) groups excluding carboxylic acids is 1. The van der Waals surface area contributed by atoms with Crippen LogP contribution in [-0.4, -0.2) is 12.3 Å². The van der Waals surface area contributed by atoms with E-state index in [1.165, 1.54) is 24.3 Å². The summed E-state index contributed by atoms with van der Waals surface area (Å²) in [4.78, 5) is 14.9. The lowest BCUT2D eigenvalue weighted by molar-refractivity contribution is -0.274. The first kappa shape index (κ1) is 21.5. The van der Waals surface area contributed by atoms with Gasteiger partial charge in [-0.05, 0) is 48.4 Å². The van der Waals surface area contributed by atoms with E-state index in [0.29, 0.717) is 11.4 Å². The Labute approximate surface area is 183 Å². The number of hydrogen-bond donors (Lipinski definition) is 1. The van der Waals surface area contributed by atoms with Crippen LogP contribution in [0.3, 0.4) is 0 Å². The number of ether oxygens (including phenoxy) is 1.